The summed E-state index contributed by atoms with van der Waals surface area (Å²) in [6, 6.07) is 19.5. The summed E-state index contributed by atoms with van der Waals surface area (Å²) in [4.78, 5) is 28.3. The van der Waals surface area contributed by atoms with Crippen molar-refractivity contribution < 1.29 is 18.9 Å². The summed E-state index contributed by atoms with van der Waals surface area (Å²) in [5.74, 6) is -0.211. The molecule has 0 N–H and O–H groups in total. The minimum absolute atomic E-state index is 0.137. The lowest BCUT2D eigenvalue weighted by molar-refractivity contribution is -0.679. The van der Waals surface area contributed by atoms with Gasteiger partial charge in [-0.15, -0.1) is 0 Å². The monoisotopic (exact) mass is 549 g/mol. The molecule has 3 aromatic rings. The van der Waals surface area contributed by atoms with Gasteiger partial charge in [0.15, 0.2) is 6.20 Å². The summed E-state index contributed by atoms with van der Waals surface area (Å²) >= 11 is 6.51. The van der Waals surface area contributed by atoms with E-state index >= 15 is 0 Å². The van der Waals surface area contributed by atoms with Gasteiger partial charge in [-0.2, -0.15) is 0 Å². The number of hydrogen-bond acceptors (Lipinski definition) is 3. The number of pyridine rings is 1. The number of halogens is 1. The van der Waals surface area contributed by atoms with E-state index in [1.807, 2.05) is 42.1 Å². The Morgan fingerprint density at radius 1 is 0.769 bits per heavy atom. The molecule has 1 aromatic heterocycles. The highest BCUT2D eigenvalue weighted by Crippen LogP contribution is 2.27. The van der Waals surface area contributed by atoms with Crippen LogP contribution in [0.5, 0.6) is 5.75 Å². The molecule has 0 atom stereocenters. The number of ether oxygens (including phenoxy) is 1. The first-order valence-electron chi connectivity index (χ1n) is 14.3. The first-order valence-corrected chi connectivity index (χ1v) is 14.7. The Morgan fingerprint density at radius 3 is 2.03 bits per heavy atom. The first kappa shape index (κ1) is 30.4. The van der Waals surface area contributed by atoms with Gasteiger partial charge in [0.25, 0.3) is 11.8 Å². The van der Waals surface area contributed by atoms with Crippen LogP contribution in [0.15, 0.2) is 72.9 Å². The van der Waals surface area contributed by atoms with Gasteiger partial charge in [0, 0.05) is 23.3 Å². The van der Waals surface area contributed by atoms with Crippen LogP contribution < -0.4 is 9.30 Å². The van der Waals surface area contributed by atoms with Crippen LogP contribution in [0, 0.1) is 0 Å². The summed E-state index contributed by atoms with van der Waals surface area (Å²) in [7, 11) is 1.89. The molecule has 3 rings (SSSR count). The molecule has 0 aliphatic carbocycles. The highest BCUT2D eigenvalue weighted by atomic mass is 35.5. The van der Waals surface area contributed by atoms with Gasteiger partial charge in [-0.3, -0.25) is 14.5 Å². The molecule has 0 aliphatic heterocycles. The minimum atomic E-state index is -0.407. The number of aryl methyl sites for hydroxylation is 1. The lowest BCUT2D eigenvalue weighted by Crippen LogP contribution is -2.42. The number of unbranched alkanes of at least 4 members (excludes halogenated alkanes) is 9. The Balaban J connectivity index is 1.57. The molecule has 0 bridgehead atoms. The van der Waals surface area contributed by atoms with Crippen LogP contribution in [-0.4, -0.2) is 23.3 Å². The third-order valence-corrected chi connectivity index (χ3v) is 7.22. The van der Waals surface area contributed by atoms with Crippen molar-refractivity contribution in [1.29, 1.82) is 0 Å². The molecule has 2 amide bonds. The van der Waals surface area contributed by atoms with Gasteiger partial charge in [0.1, 0.15) is 19.3 Å². The zero-order chi connectivity index (χ0) is 27.9. The summed E-state index contributed by atoms with van der Waals surface area (Å²) in [6.45, 7) is 2.98. The molecule has 1 heterocycles. The number of carbonyl (C=O) groups is 2. The van der Waals surface area contributed by atoms with Crippen molar-refractivity contribution in [1.82, 2.24) is 4.90 Å². The first-order chi connectivity index (χ1) is 19.0. The van der Waals surface area contributed by atoms with Crippen LogP contribution in [0.4, 0.5) is 0 Å². The van der Waals surface area contributed by atoms with Crippen LogP contribution in [0.1, 0.15) is 97.5 Å². The molecule has 0 spiro atoms. The van der Waals surface area contributed by atoms with Gasteiger partial charge in [-0.1, -0.05) is 101 Å². The Morgan fingerprint density at radius 2 is 1.38 bits per heavy atom. The molecule has 6 heteroatoms. The normalized spacial score (nSPS) is 10.8. The smallest absolute Gasteiger partial charge is 0.261 e. The zero-order valence-corrected chi connectivity index (χ0v) is 24.2. The summed E-state index contributed by atoms with van der Waals surface area (Å²) in [5, 5.41) is 0.366. The number of aromatic nitrogens is 1. The molecule has 0 fully saturated rings. The van der Waals surface area contributed by atoms with Crippen molar-refractivity contribution in [2.24, 2.45) is 7.05 Å². The summed E-state index contributed by atoms with van der Waals surface area (Å²) in [5.41, 5.74) is 1.62. The van der Waals surface area contributed by atoms with Crippen molar-refractivity contribution in [2.75, 3.05) is 6.61 Å². The Hall–Kier alpha value is -3.18. The number of amides is 2. The van der Waals surface area contributed by atoms with Crippen LogP contribution in [0.2, 0.25) is 5.02 Å². The lowest BCUT2D eigenvalue weighted by atomic mass is 10.1. The van der Waals surface area contributed by atoms with E-state index in [0.29, 0.717) is 28.5 Å². The number of hydrogen-bond donors (Lipinski definition) is 0. The van der Waals surface area contributed by atoms with Gasteiger partial charge < -0.3 is 4.74 Å². The fourth-order valence-corrected chi connectivity index (χ4v) is 4.77. The largest absolute Gasteiger partial charge is 0.492 e. The Bertz CT molecular complexity index is 1180. The topological polar surface area (TPSA) is 50.5 Å². The maximum absolute atomic E-state index is 13.6. The number of rotatable bonds is 16. The second-order valence-corrected chi connectivity index (χ2v) is 10.4. The average molecular weight is 550 g/mol. The number of carbonyl (C=O) groups excluding carboxylic acids is 2. The van der Waals surface area contributed by atoms with Gasteiger partial charge in [-0.25, -0.2) is 4.57 Å². The predicted octanol–water partition coefficient (Wildman–Crippen LogP) is 7.95. The van der Waals surface area contributed by atoms with Crippen molar-refractivity contribution in [2.45, 2.75) is 77.7 Å². The maximum Gasteiger partial charge on any atom is 0.261 e. The van der Waals surface area contributed by atoms with E-state index < -0.39 is 5.91 Å². The second-order valence-electron chi connectivity index (χ2n) is 10.0. The highest BCUT2D eigenvalue weighted by molar-refractivity contribution is 6.32. The second kappa shape index (κ2) is 16.7. The van der Waals surface area contributed by atoms with E-state index in [-0.39, 0.29) is 12.5 Å². The van der Waals surface area contributed by atoms with Crippen molar-refractivity contribution >= 4 is 23.4 Å². The van der Waals surface area contributed by atoms with E-state index in [9.17, 15) is 9.59 Å². The standard InChI is InChI=1S/C33H42ClN2O3/c1-3-4-5-6-7-8-9-10-11-17-24-39-31-22-21-28(25-30(31)34)33(38)36(26-29-20-15-16-23-35(29)2)32(37)27-18-13-12-14-19-27/h12-16,18-23,25H,3-11,17,24,26H2,1-2H3/q+1. The molecule has 0 aliphatic rings. The van der Waals surface area contributed by atoms with E-state index in [1.165, 1.54) is 56.3 Å². The Kier molecular flexibility index (Phi) is 13.0. The molecule has 208 valence electrons. The van der Waals surface area contributed by atoms with Crippen LogP contribution in [-0.2, 0) is 13.6 Å². The molecule has 5 nitrogen and oxygen atoms in total. The lowest BCUT2D eigenvalue weighted by Gasteiger charge is -2.20. The molecule has 2 aromatic carbocycles. The van der Waals surface area contributed by atoms with Crippen molar-refractivity contribution in [3.8, 4) is 5.75 Å². The third kappa shape index (κ3) is 9.81. The zero-order valence-electron chi connectivity index (χ0n) is 23.4. The molecule has 0 unspecified atom stereocenters. The van der Waals surface area contributed by atoms with E-state index in [2.05, 4.69) is 6.92 Å². The number of nitrogens with zero attached hydrogens (tertiary/aromatic N) is 2. The maximum atomic E-state index is 13.6. The fourth-order valence-electron chi connectivity index (χ4n) is 4.54. The molecule has 0 radical (unpaired) electrons. The van der Waals surface area contributed by atoms with Crippen molar-refractivity contribution in [3.63, 3.8) is 0 Å². The van der Waals surface area contributed by atoms with Crippen LogP contribution in [0.25, 0.3) is 0 Å². The van der Waals surface area contributed by atoms with Gasteiger partial charge in [0.2, 0.25) is 5.69 Å². The number of benzene rings is 2. The van der Waals surface area contributed by atoms with E-state index in [4.69, 9.17) is 16.3 Å². The third-order valence-electron chi connectivity index (χ3n) is 6.93. The molecular weight excluding hydrogens is 508 g/mol. The van der Waals surface area contributed by atoms with Crippen LogP contribution in [0.3, 0.4) is 0 Å². The van der Waals surface area contributed by atoms with Crippen molar-refractivity contribution in [3.05, 3.63) is 94.8 Å². The van der Waals surface area contributed by atoms with Crippen LogP contribution >= 0.6 is 11.6 Å². The predicted molar refractivity (Wildman–Crippen MR) is 157 cm³/mol. The fraction of sp³-hybridized carbons (Fsp3) is 0.424. The highest BCUT2D eigenvalue weighted by Gasteiger charge is 2.27. The average Bonchev–Trinajstić information content (AvgIpc) is 2.96. The number of imide groups is 1. The summed E-state index contributed by atoms with van der Waals surface area (Å²) < 4.78 is 7.80. The quantitative estimate of drug-likeness (QED) is 0.103. The van der Waals surface area contributed by atoms with Gasteiger partial charge in [0.05, 0.1) is 11.6 Å². The SMILES string of the molecule is CCCCCCCCCCCCOc1ccc(C(=O)N(Cc2cccc[n+]2C)C(=O)c2ccccc2)cc1Cl. The molecule has 0 saturated carbocycles. The summed E-state index contributed by atoms with van der Waals surface area (Å²) in [6.07, 6.45) is 14.5. The van der Waals surface area contributed by atoms with Gasteiger partial charge in [-0.05, 0) is 36.8 Å². The minimum Gasteiger partial charge on any atom is -0.492 e. The molecular formula is C33H42ClN2O3+. The molecule has 39 heavy (non-hydrogen) atoms. The van der Waals surface area contributed by atoms with E-state index in [0.717, 1.165) is 18.5 Å². The van der Waals surface area contributed by atoms with E-state index in [1.54, 1.807) is 42.5 Å². The van der Waals surface area contributed by atoms with Gasteiger partial charge >= 0.3 is 0 Å². The molecule has 0 saturated heterocycles. The Labute approximate surface area is 238 Å².